The molecule has 0 aliphatic carbocycles. The predicted octanol–water partition coefficient (Wildman–Crippen LogP) is 2.36. The maximum atomic E-state index is 12.1. The number of ketones is 1. The van der Waals surface area contributed by atoms with Crippen molar-refractivity contribution in [1.82, 2.24) is 5.10 Å². The first-order chi connectivity index (χ1) is 11.1. The molecule has 1 aromatic heterocycles. The summed E-state index contributed by atoms with van der Waals surface area (Å²) < 4.78 is 1.60. The van der Waals surface area contributed by atoms with Crippen molar-refractivity contribution < 1.29 is 14.3 Å². The molecule has 0 aliphatic heterocycles. The minimum atomic E-state index is -0.173. The molecule has 3 aromatic rings. The first-order valence-corrected chi connectivity index (χ1v) is 7.27. The molecule has 0 bridgehead atoms. The van der Waals surface area contributed by atoms with Gasteiger partial charge in [-0.3, -0.25) is 9.59 Å². The number of carbonyl (C=O) groups is 2. The number of nitrogens with one attached hydrogen (secondary N) is 1. The van der Waals surface area contributed by atoms with Crippen LogP contribution in [0.15, 0.2) is 60.9 Å². The Labute approximate surface area is 133 Å². The fourth-order valence-electron chi connectivity index (χ4n) is 2.30. The van der Waals surface area contributed by atoms with Crippen LogP contribution in [0.1, 0.15) is 17.3 Å². The van der Waals surface area contributed by atoms with Gasteiger partial charge in [-0.15, -0.1) is 0 Å². The van der Waals surface area contributed by atoms with E-state index in [1.54, 1.807) is 35.1 Å². The van der Waals surface area contributed by atoms with Crippen molar-refractivity contribution >= 4 is 28.2 Å². The highest BCUT2D eigenvalue weighted by Gasteiger charge is 2.12. The van der Waals surface area contributed by atoms with Crippen molar-refractivity contribution in [3.05, 3.63) is 66.5 Å². The van der Waals surface area contributed by atoms with Crippen molar-refractivity contribution in [2.75, 3.05) is 5.32 Å². The summed E-state index contributed by atoms with van der Waals surface area (Å²) in [6.45, 7) is 1.63. The zero-order valence-electron chi connectivity index (χ0n) is 12.7. The summed E-state index contributed by atoms with van der Waals surface area (Å²) in [5.41, 5.74) is 1.27. The molecule has 0 spiro atoms. The number of fused-ring (bicyclic) bond motifs is 1. The molecule has 0 saturated carbocycles. The van der Waals surface area contributed by atoms with Gasteiger partial charge < -0.3 is 5.32 Å². The topological polar surface area (TPSA) is 62.9 Å². The fourth-order valence-corrected chi connectivity index (χ4v) is 2.30. The van der Waals surface area contributed by atoms with E-state index >= 15 is 0 Å². The number of hydrogen-bond donors (Lipinski definition) is 1. The first-order valence-electron chi connectivity index (χ1n) is 7.27. The van der Waals surface area contributed by atoms with E-state index in [-0.39, 0.29) is 18.2 Å². The summed E-state index contributed by atoms with van der Waals surface area (Å²) in [6.07, 6.45) is 3.58. The van der Waals surface area contributed by atoms with Crippen LogP contribution in [-0.2, 0) is 11.3 Å². The van der Waals surface area contributed by atoms with Crippen LogP contribution in [0.2, 0.25) is 0 Å². The average molecular weight is 306 g/mol. The van der Waals surface area contributed by atoms with Gasteiger partial charge in [0, 0.05) is 22.0 Å². The highest BCUT2D eigenvalue weighted by molar-refractivity contribution is 5.95. The second-order valence-electron chi connectivity index (χ2n) is 5.28. The number of anilines is 1. The lowest BCUT2D eigenvalue weighted by molar-refractivity contribution is -0.740. The Morgan fingerprint density at radius 2 is 1.74 bits per heavy atom. The summed E-state index contributed by atoms with van der Waals surface area (Å²) in [5.74, 6) is -0.174. The Balaban J connectivity index is 1.69. The van der Waals surface area contributed by atoms with Crippen LogP contribution in [0.4, 0.5) is 5.69 Å². The number of carbonyl (C=O) groups excluding carboxylic acids is 2. The molecule has 0 fully saturated rings. The van der Waals surface area contributed by atoms with Gasteiger partial charge >= 0.3 is 0 Å². The standard InChI is InChI=1S/C18H15N3O2/c1-13(22)14-6-8-17(9-7-14)20-18(23)12-21-11-16-5-3-2-4-15(16)10-19-21/h2-11H,12H2,1H3/p+1. The number of benzene rings is 2. The Bertz CT molecular complexity index is 873. The molecule has 0 radical (unpaired) electrons. The molecule has 1 N–H and O–H groups in total. The molecule has 0 saturated heterocycles. The highest BCUT2D eigenvalue weighted by atomic mass is 16.2. The first kappa shape index (κ1) is 14.8. The van der Waals surface area contributed by atoms with Gasteiger partial charge in [0.05, 0.1) is 0 Å². The maximum Gasteiger partial charge on any atom is 0.292 e. The minimum Gasteiger partial charge on any atom is -0.321 e. The van der Waals surface area contributed by atoms with Crippen molar-refractivity contribution in [3.63, 3.8) is 0 Å². The second kappa shape index (κ2) is 6.36. The molecular formula is C18H16N3O2+. The lowest BCUT2D eigenvalue weighted by Gasteiger charge is -2.03. The second-order valence-corrected chi connectivity index (χ2v) is 5.28. The van der Waals surface area contributed by atoms with Gasteiger partial charge in [0.2, 0.25) is 6.20 Å². The van der Waals surface area contributed by atoms with E-state index in [0.717, 1.165) is 10.8 Å². The third-order valence-corrected chi connectivity index (χ3v) is 3.51. The largest absolute Gasteiger partial charge is 0.321 e. The van der Waals surface area contributed by atoms with Gasteiger partial charge in [-0.1, -0.05) is 22.9 Å². The molecule has 0 atom stereocenters. The van der Waals surface area contributed by atoms with E-state index in [4.69, 9.17) is 0 Å². The normalized spacial score (nSPS) is 10.5. The van der Waals surface area contributed by atoms with E-state index < -0.39 is 0 Å². The lowest BCUT2D eigenvalue weighted by atomic mass is 10.1. The third kappa shape index (κ3) is 3.58. The van der Waals surface area contributed by atoms with Crippen LogP contribution in [0.25, 0.3) is 10.8 Å². The third-order valence-electron chi connectivity index (χ3n) is 3.51. The van der Waals surface area contributed by atoms with Crippen LogP contribution >= 0.6 is 0 Å². The van der Waals surface area contributed by atoms with E-state index in [2.05, 4.69) is 10.4 Å². The molecule has 114 valence electrons. The van der Waals surface area contributed by atoms with Crippen LogP contribution in [0, 0.1) is 0 Å². The van der Waals surface area contributed by atoms with Gasteiger partial charge in [0.25, 0.3) is 12.5 Å². The number of amides is 1. The van der Waals surface area contributed by atoms with Gasteiger partial charge in [-0.05, 0) is 42.4 Å². The Kier molecular flexibility index (Phi) is 4.10. The van der Waals surface area contributed by atoms with Crippen molar-refractivity contribution in [1.29, 1.82) is 0 Å². The maximum absolute atomic E-state index is 12.1. The summed E-state index contributed by atoms with van der Waals surface area (Å²) in [4.78, 5) is 23.3. The molecule has 3 rings (SSSR count). The van der Waals surface area contributed by atoms with E-state index in [1.807, 2.05) is 30.5 Å². The van der Waals surface area contributed by atoms with Crippen molar-refractivity contribution in [2.24, 2.45) is 0 Å². The van der Waals surface area contributed by atoms with Crippen LogP contribution in [0.3, 0.4) is 0 Å². The van der Waals surface area contributed by atoms with Crippen LogP contribution < -0.4 is 10.00 Å². The Morgan fingerprint density at radius 1 is 1.04 bits per heavy atom. The van der Waals surface area contributed by atoms with E-state index in [0.29, 0.717) is 11.3 Å². The summed E-state index contributed by atoms with van der Waals surface area (Å²) in [5, 5.41) is 9.09. The fraction of sp³-hybridized carbons (Fsp3) is 0.111. The highest BCUT2D eigenvalue weighted by Crippen LogP contribution is 2.10. The summed E-state index contributed by atoms with van der Waals surface area (Å²) in [7, 11) is 0. The molecular weight excluding hydrogens is 290 g/mol. The number of nitrogens with zero attached hydrogens (tertiary/aromatic N) is 2. The number of hydrogen-bond acceptors (Lipinski definition) is 3. The Hall–Kier alpha value is -3.08. The molecule has 5 nitrogen and oxygen atoms in total. The van der Waals surface area contributed by atoms with Gasteiger partial charge in [0.1, 0.15) is 6.20 Å². The lowest BCUT2D eigenvalue weighted by Crippen LogP contribution is -2.43. The molecule has 0 aliphatic rings. The average Bonchev–Trinajstić information content (AvgIpc) is 2.55. The molecule has 0 unspecified atom stereocenters. The summed E-state index contributed by atoms with van der Waals surface area (Å²) in [6, 6.07) is 14.7. The zero-order valence-corrected chi connectivity index (χ0v) is 12.7. The molecule has 1 amide bonds. The number of Topliss-reactive ketones (excluding diaryl/α,β-unsaturated/α-hetero) is 1. The molecule has 1 heterocycles. The molecule has 2 aromatic carbocycles. The van der Waals surface area contributed by atoms with Gasteiger partial charge in [0.15, 0.2) is 5.78 Å². The van der Waals surface area contributed by atoms with Crippen molar-refractivity contribution in [3.8, 4) is 0 Å². The smallest absolute Gasteiger partial charge is 0.292 e. The predicted molar refractivity (Wildman–Crippen MR) is 87.0 cm³/mol. The van der Waals surface area contributed by atoms with Gasteiger partial charge in [-0.25, -0.2) is 0 Å². The molecule has 5 heteroatoms. The Morgan fingerprint density at radius 3 is 2.43 bits per heavy atom. The SMILES string of the molecule is CC(=O)c1ccc(NC(=O)C[n+]2cc3ccccc3cn2)cc1. The quantitative estimate of drug-likeness (QED) is 0.594. The molecule has 23 heavy (non-hydrogen) atoms. The van der Waals surface area contributed by atoms with Crippen LogP contribution in [-0.4, -0.2) is 16.8 Å². The van der Waals surface area contributed by atoms with Gasteiger partial charge in [-0.2, -0.15) is 0 Å². The number of rotatable bonds is 4. The minimum absolute atomic E-state index is 0.00112. The van der Waals surface area contributed by atoms with Crippen molar-refractivity contribution in [2.45, 2.75) is 13.5 Å². The van der Waals surface area contributed by atoms with Crippen LogP contribution in [0.5, 0.6) is 0 Å². The zero-order chi connectivity index (χ0) is 16.2. The van der Waals surface area contributed by atoms with E-state index in [1.165, 1.54) is 6.92 Å². The monoisotopic (exact) mass is 306 g/mol. The van der Waals surface area contributed by atoms with E-state index in [9.17, 15) is 9.59 Å². The summed E-state index contributed by atoms with van der Waals surface area (Å²) >= 11 is 0. The number of aromatic nitrogens is 2.